The number of rotatable bonds is 3. The molecule has 0 bridgehead atoms. The zero-order valence-electron chi connectivity index (χ0n) is 9.27. The highest BCUT2D eigenvalue weighted by molar-refractivity contribution is 9.10. The summed E-state index contributed by atoms with van der Waals surface area (Å²) in [5.41, 5.74) is -0.292. The predicted octanol–water partition coefficient (Wildman–Crippen LogP) is 2.92. The Morgan fingerprint density at radius 1 is 1.16 bits per heavy atom. The molecule has 1 aromatic carbocycles. The summed E-state index contributed by atoms with van der Waals surface area (Å²) in [6.45, 7) is 0. The Bertz CT molecular complexity index is 722. The molecule has 0 aliphatic rings. The monoisotopic (exact) mass is 348 g/mol. The normalized spacial score (nSPS) is 11.3. The fourth-order valence-electron chi connectivity index (χ4n) is 1.34. The van der Waals surface area contributed by atoms with Crippen LogP contribution in [0, 0.1) is 11.6 Å². The van der Waals surface area contributed by atoms with Gasteiger partial charge in [-0.25, -0.2) is 13.8 Å². The lowest BCUT2D eigenvalue weighted by molar-refractivity contribution is 0.556. The van der Waals surface area contributed by atoms with E-state index in [0.717, 1.165) is 18.3 Å². The van der Waals surface area contributed by atoms with Gasteiger partial charge in [0, 0.05) is 10.7 Å². The number of hydrogen-bond donors (Lipinski definition) is 1. The lowest BCUT2D eigenvalue weighted by Gasteiger charge is -2.09. The van der Waals surface area contributed by atoms with Gasteiger partial charge in [0.15, 0.2) is 5.82 Å². The lowest BCUT2D eigenvalue weighted by atomic mass is 10.3. The third-order valence-corrected chi connectivity index (χ3v) is 3.94. The zero-order chi connectivity index (χ0) is 14.0. The van der Waals surface area contributed by atoms with Crippen LogP contribution in [0.4, 0.5) is 14.5 Å². The zero-order valence-corrected chi connectivity index (χ0v) is 11.7. The molecule has 0 radical (unpaired) electrons. The van der Waals surface area contributed by atoms with Crippen LogP contribution >= 0.6 is 15.9 Å². The van der Waals surface area contributed by atoms with Gasteiger partial charge in [0.2, 0.25) is 5.03 Å². The van der Waals surface area contributed by atoms with Crippen LogP contribution < -0.4 is 4.72 Å². The molecule has 19 heavy (non-hydrogen) atoms. The van der Waals surface area contributed by atoms with E-state index >= 15 is 0 Å². The molecule has 100 valence electrons. The fraction of sp³-hybridized carbons (Fsp3) is 0. The molecule has 0 atom stereocenters. The molecule has 0 saturated heterocycles. The molecule has 2 rings (SSSR count). The first-order valence-electron chi connectivity index (χ1n) is 4.98. The number of sulfonamides is 1. The molecule has 8 heteroatoms. The number of aromatic nitrogens is 1. The summed E-state index contributed by atoms with van der Waals surface area (Å²) in [5, 5.41) is -0.783. The van der Waals surface area contributed by atoms with Crippen molar-refractivity contribution in [1.82, 2.24) is 4.98 Å². The Balaban J connectivity index is 2.43. The fourth-order valence-corrected chi connectivity index (χ4v) is 2.77. The Kier molecular flexibility index (Phi) is 3.81. The molecule has 4 nitrogen and oxygen atoms in total. The standard InChI is InChI=1S/C11H7BrF2N2O2S/c12-7-3-4-8(13)10(6-7)16-19(17,18)11-9(14)2-1-5-15-11/h1-6,16H. The van der Waals surface area contributed by atoms with Crippen LogP contribution in [-0.2, 0) is 10.0 Å². The van der Waals surface area contributed by atoms with Crippen molar-refractivity contribution in [3.05, 3.63) is 52.6 Å². The van der Waals surface area contributed by atoms with E-state index in [0.29, 0.717) is 4.47 Å². The molecule has 0 amide bonds. The van der Waals surface area contributed by atoms with Crippen molar-refractivity contribution in [3.63, 3.8) is 0 Å². The van der Waals surface area contributed by atoms with Crippen LogP contribution in [0.15, 0.2) is 46.0 Å². The third kappa shape index (κ3) is 3.07. The Hall–Kier alpha value is -1.54. The van der Waals surface area contributed by atoms with Gasteiger partial charge < -0.3 is 0 Å². The summed E-state index contributed by atoms with van der Waals surface area (Å²) >= 11 is 3.08. The minimum atomic E-state index is -4.28. The van der Waals surface area contributed by atoms with Gasteiger partial charge in [-0.1, -0.05) is 15.9 Å². The SMILES string of the molecule is O=S(=O)(Nc1cc(Br)ccc1F)c1ncccc1F. The molecular formula is C11H7BrF2N2O2S. The van der Waals surface area contributed by atoms with E-state index in [4.69, 9.17) is 0 Å². The quantitative estimate of drug-likeness (QED) is 0.927. The van der Waals surface area contributed by atoms with Gasteiger partial charge in [-0.15, -0.1) is 0 Å². The second-order valence-corrected chi connectivity index (χ2v) is 6.03. The Labute approximate surface area is 116 Å². The molecule has 1 aromatic heterocycles. The summed E-state index contributed by atoms with van der Waals surface area (Å²) in [6.07, 6.45) is 1.13. The molecular weight excluding hydrogens is 342 g/mol. The second-order valence-electron chi connectivity index (χ2n) is 3.52. The molecule has 1 heterocycles. The number of benzene rings is 1. The number of nitrogens with zero attached hydrogens (tertiary/aromatic N) is 1. The van der Waals surface area contributed by atoms with Crippen molar-refractivity contribution in [2.75, 3.05) is 4.72 Å². The van der Waals surface area contributed by atoms with E-state index in [2.05, 4.69) is 20.9 Å². The summed E-state index contributed by atoms with van der Waals surface area (Å²) in [4.78, 5) is 3.44. The van der Waals surface area contributed by atoms with E-state index in [-0.39, 0.29) is 5.69 Å². The van der Waals surface area contributed by atoms with Crippen LogP contribution in [0.3, 0.4) is 0 Å². The van der Waals surface area contributed by atoms with Crippen molar-refractivity contribution in [2.24, 2.45) is 0 Å². The van der Waals surface area contributed by atoms with Crippen molar-refractivity contribution in [3.8, 4) is 0 Å². The van der Waals surface area contributed by atoms with Crippen LogP contribution in [-0.4, -0.2) is 13.4 Å². The maximum atomic E-state index is 13.5. The van der Waals surface area contributed by atoms with Gasteiger partial charge >= 0.3 is 0 Å². The maximum absolute atomic E-state index is 13.5. The van der Waals surface area contributed by atoms with E-state index in [1.807, 2.05) is 4.72 Å². The van der Waals surface area contributed by atoms with Crippen LogP contribution in [0.25, 0.3) is 0 Å². The van der Waals surface area contributed by atoms with Gasteiger partial charge in [-0.2, -0.15) is 8.42 Å². The number of halogens is 3. The summed E-state index contributed by atoms with van der Waals surface area (Å²) in [6, 6.07) is 5.94. The van der Waals surface area contributed by atoms with E-state index in [1.54, 1.807) is 0 Å². The van der Waals surface area contributed by atoms with Crippen molar-refractivity contribution >= 4 is 31.6 Å². The van der Waals surface area contributed by atoms with Gasteiger partial charge in [-0.3, -0.25) is 4.72 Å². The first kappa shape index (κ1) is 13.9. The number of anilines is 1. The van der Waals surface area contributed by atoms with Gasteiger partial charge in [0.1, 0.15) is 5.82 Å². The molecule has 2 aromatic rings. The minimum Gasteiger partial charge on any atom is -0.275 e. The van der Waals surface area contributed by atoms with Crippen LogP contribution in [0.5, 0.6) is 0 Å². The van der Waals surface area contributed by atoms with Crippen LogP contribution in [0.2, 0.25) is 0 Å². The van der Waals surface area contributed by atoms with E-state index in [1.165, 1.54) is 18.2 Å². The molecule has 0 spiro atoms. The topological polar surface area (TPSA) is 59.1 Å². The molecule has 0 aliphatic heterocycles. The van der Waals surface area contributed by atoms with Crippen molar-refractivity contribution in [2.45, 2.75) is 5.03 Å². The largest absolute Gasteiger partial charge is 0.282 e. The predicted molar refractivity (Wildman–Crippen MR) is 69.1 cm³/mol. The molecule has 0 saturated carbocycles. The van der Waals surface area contributed by atoms with Crippen LogP contribution in [0.1, 0.15) is 0 Å². The number of pyridine rings is 1. The highest BCUT2D eigenvalue weighted by Crippen LogP contribution is 2.23. The minimum absolute atomic E-state index is 0.292. The molecule has 0 unspecified atom stereocenters. The lowest BCUT2D eigenvalue weighted by Crippen LogP contribution is -2.17. The summed E-state index contributed by atoms with van der Waals surface area (Å²) in [5.74, 6) is -1.78. The highest BCUT2D eigenvalue weighted by atomic mass is 79.9. The molecule has 0 fully saturated rings. The number of nitrogens with one attached hydrogen (secondary N) is 1. The smallest absolute Gasteiger partial charge is 0.275 e. The Morgan fingerprint density at radius 3 is 2.58 bits per heavy atom. The van der Waals surface area contributed by atoms with Gasteiger partial charge in [0.05, 0.1) is 5.69 Å². The highest BCUT2D eigenvalue weighted by Gasteiger charge is 2.21. The van der Waals surface area contributed by atoms with Gasteiger partial charge in [-0.05, 0) is 30.3 Å². The number of hydrogen-bond acceptors (Lipinski definition) is 3. The van der Waals surface area contributed by atoms with E-state index in [9.17, 15) is 17.2 Å². The summed E-state index contributed by atoms with van der Waals surface area (Å²) in [7, 11) is -4.28. The van der Waals surface area contributed by atoms with Gasteiger partial charge in [0.25, 0.3) is 10.0 Å². The summed E-state index contributed by atoms with van der Waals surface area (Å²) < 4.78 is 53.0. The third-order valence-electron chi connectivity index (χ3n) is 2.15. The molecule has 1 N–H and O–H groups in total. The first-order valence-corrected chi connectivity index (χ1v) is 7.26. The second kappa shape index (κ2) is 5.22. The maximum Gasteiger partial charge on any atom is 0.282 e. The van der Waals surface area contributed by atoms with Crippen molar-refractivity contribution in [1.29, 1.82) is 0 Å². The molecule has 0 aliphatic carbocycles. The van der Waals surface area contributed by atoms with E-state index < -0.39 is 26.7 Å². The average Bonchev–Trinajstić information content (AvgIpc) is 2.34. The first-order chi connectivity index (χ1) is 8.90. The van der Waals surface area contributed by atoms with Crippen molar-refractivity contribution < 1.29 is 17.2 Å². The average molecular weight is 349 g/mol. The Morgan fingerprint density at radius 2 is 1.89 bits per heavy atom.